The molecule has 140 valence electrons. The highest BCUT2D eigenvalue weighted by Gasteiger charge is 2.28. The maximum Gasteiger partial charge on any atom is 0.268 e. The molecule has 0 fully saturated rings. The first-order chi connectivity index (χ1) is 14.0. The molecule has 0 amide bonds. The monoisotopic (exact) mass is 397 g/mol. The van der Waals surface area contributed by atoms with Gasteiger partial charge in [0.15, 0.2) is 0 Å². The van der Waals surface area contributed by atoms with Crippen LogP contribution < -0.4 is 0 Å². The zero-order valence-electron chi connectivity index (χ0n) is 15.5. The standard InChI is InChI=1S/C23H15N3O2S/c1-16-7-10-19(11-8-16)29(27,28)26-22-12-9-17(14-24)13-20(22)21(15-25)23(26)18-5-3-2-4-6-18/h2-13H,1H3. The molecule has 0 unspecified atom stereocenters. The summed E-state index contributed by atoms with van der Waals surface area (Å²) in [5.74, 6) is 0. The summed E-state index contributed by atoms with van der Waals surface area (Å²) < 4.78 is 28.5. The second kappa shape index (κ2) is 6.94. The number of aryl methyl sites for hydroxylation is 1. The van der Waals surface area contributed by atoms with Gasteiger partial charge in [-0.15, -0.1) is 0 Å². The van der Waals surface area contributed by atoms with Crippen LogP contribution in [0.3, 0.4) is 0 Å². The van der Waals surface area contributed by atoms with Crippen molar-refractivity contribution in [3.63, 3.8) is 0 Å². The van der Waals surface area contributed by atoms with Gasteiger partial charge >= 0.3 is 0 Å². The molecular formula is C23H15N3O2S. The molecule has 0 bridgehead atoms. The number of rotatable bonds is 3. The molecule has 0 radical (unpaired) electrons. The van der Waals surface area contributed by atoms with Crippen LogP contribution >= 0.6 is 0 Å². The Morgan fingerprint density at radius 1 is 0.862 bits per heavy atom. The van der Waals surface area contributed by atoms with Crippen LogP contribution in [0.4, 0.5) is 0 Å². The summed E-state index contributed by atoms with van der Waals surface area (Å²) in [6, 6.07) is 24.4. The van der Waals surface area contributed by atoms with Gasteiger partial charge in [0, 0.05) is 10.9 Å². The lowest BCUT2D eigenvalue weighted by molar-refractivity contribution is 0.589. The Kier molecular flexibility index (Phi) is 4.43. The highest BCUT2D eigenvalue weighted by Crippen LogP contribution is 2.36. The molecule has 5 nitrogen and oxygen atoms in total. The van der Waals surface area contributed by atoms with E-state index in [0.29, 0.717) is 27.7 Å². The van der Waals surface area contributed by atoms with Gasteiger partial charge in [0.05, 0.1) is 33.3 Å². The molecule has 0 aliphatic rings. The quantitative estimate of drug-likeness (QED) is 0.506. The third-order valence-electron chi connectivity index (χ3n) is 4.77. The van der Waals surface area contributed by atoms with Gasteiger partial charge in [0.2, 0.25) is 0 Å². The smallest absolute Gasteiger partial charge is 0.232 e. The van der Waals surface area contributed by atoms with Gasteiger partial charge in [-0.2, -0.15) is 10.5 Å². The van der Waals surface area contributed by atoms with E-state index in [1.807, 2.05) is 19.1 Å². The molecular weight excluding hydrogens is 382 g/mol. The van der Waals surface area contributed by atoms with Crippen molar-refractivity contribution in [2.24, 2.45) is 0 Å². The minimum atomic E-state index is -3.99. The van der Waals surface area contributed by atoms with E-state index in [0.717, 1.165) is 5.56 Å². The molecule has 1 heterocycles. The van der Waals surface area contributed by atoms with Crippen LogP contribution in [0.5, 0.6) is 0 Å². The van der Waals surface area contributed by atoms with Crippen LogP contribution in [0.1, 0.15) is 16.7 Å². The van der Waals surface area contributed by atoms with E-state index in [4.69, 9.17) is 0 Å². The van der Waals surface area contributed by atoms with Crippen LogP contribution in [-0.4, -0.2) is 12.4 Å². The second-order valence-corrected chi connectivity index (χ2v) is 8.41. The molecule has 4 rings (SSSR count). The number of hydrogen-bond donors (Lipinski definition) is 0. The maximum absolute atomic E-state index is 13.6. The Hall–Kier alpha value is -3.87. The molecule has 1 aromatic heterocycles. The Balaban J connectivity index is 2.17. The first kappa shape index (κ1) is 18.5. The fraction of sp³-hybridized carbons (Fsp3) is 0.0435. The van der Waals surface area contributed by atoms with Crippen molar-refractivity contribution in [2.75, 3.05) is 0 Å². The van der Waals surface area contributed by atoms with Crippen molar-refractivity contribution in [1.29, 1.82) is 10.5 Å². The molecule has 6 heteroatoms. The maximum atomic E-state index is 13.6. The SMILES string of the molecule is Cc1ccc(S(=O)(=O)n2c(-c3ccccc3)c(C#N)c3cc(C#N)ccc32)cc1. The van der Waals surface area contributed by atoms with E-state index in [1.54, 1.807) is 66.7 Å². The lowest BCUT2D eigenvalue weighted by Crippen LogP contribution is -2.14. The highest BCUT2D eigenvalue weighted by atomic mass is 32.2. The van der Waals surface area contributed by atoms with Gasteiger partial charge < -0.3 is 0 Å². The van der Waals surface area contributed by atoms with E-state index >= 15 is 0 Å². The van der Waals surface area contributed by atoms with Crippen molar-refractivity contribution in [3.8, 4) is 23.4 Å². The van der Waals surface area contributed by atoms with Gasteiger partial charge in [0.1, 0.15) is 6.07 Å². The number of aromatic nitrogens is 1. The summed E-state index contributed by atoms with van der Waals surface area (Å²) in [7, 11) is -3.99. The van der Waals surface area contributed by atoms with Gasteiger partial charge in [0.25, 0.3) is 10.0 Å². The van der Waals surface area contributed by atoms with Crippen molar-refractivity contribution < 1.29 is 8.42 Å². The van der Waals surface area contributed by atoms with Crippen LogP contribution in [0.2, 0.25) is 0 Å². The lowest BCUT2D eigenvalue weighted by atomic mass is 10.1. The zero-order chi connectivity index (χ0) is 20.6. The summed E-state index contributed by atoms with van der Waals surface area (Å²) in [6.07, 6.45) is 0. The van der Waals surface area contributed by atoms with E-state index in [1.165, 1.54) is 3.97 Å². The fourth-order valence-electron chi connectivity index (χ4n) is 3.37. The van der Waals surface area contributed by atoms with E-state index in [-0.39, 0.29) is 10.5 Å². The summed E-state index contributed by atoms with van der Waals surface area (Å²) in [5.41, 5.74) is 2.78. The Labute approximate surface area is 168 Å². The topological polar surface area (TPSA) is 86.7 Å². The number of fused-ring (bicyclic) bond motifs is 1. The predicted octanol–water partition coefficient (Wildman–Crippen LogP) is 4.60. The average molecular weight is 397 g/mol. The number of hydrogen-bond acceptors (Lipinski definition) is 4. The van der Waals surface area contributed by atoms with Gasteiger partial charge in [-0.25, -0.2) is 12.4 Å². The number of benzene rings is 3. The third-order valence-corrected chi connectivity index (χ3v) is 6.50. The van der Waals surface area contributed by atoms with E-state index in [2.05, 4.69) is 6.07 Å². The third kappa shape index (κ3) is 2.97. The summed E-state index contributed by atoms with van der Waals surface area (Å²) >= 11 is 0. The van der Waals surface area contributed by atoms with Crippen LogP contribution in [-0.2, 0) is 10.0 Å². The lowest BCUT2D eigenvalue weighted by Gasteiger charge is -2.13. The van der Waals surface area contributed by atoms with Gasteiger partial charge in [-0.05, 0) is 37.3 Å². The minimum absolute atomic E-state index is 0.131. The van der Waals surface area contributed by atoms with Crippen molar-refractivity contribution in [3.05, 3.63) is 89.5 Å². The van der Waals surface area contributed by atoms with Crippen molar-refractivity contribution >= 4 is 20.9 Å². The molecule has 3 aromatic carbocycles. The summed E-state index contributed by atoms with van der Waals surface area (Å²) in [4.78, 5) is 0.131. The Morgan fingerprint density at radius 2 is 1.55 bits per heavy atom. The Morgan fingerprint density at radius 3 is 2.17 bits per heavy atom. The fourth-order valence-corrected chi connectivity index (χ4v) is 4.91. The molecule has 0 spiro atoms. The molecule has 0 saturated carbocycles. The van der Waals surface area contributed by atoms with Crippen LogP contribution in [0.25, 0.3) is 22.2 Å². The largest absolute Gasteiger partial charge is 0.268 e. The molecule has 4 aromatic rings. The first-order valence-corrected chi connectivity index (χ1v) is 10.3. The molecule has 29 heavy (non-hydrogen) atoms. The number of nitrogens with zero attached hydrogens (tertiary/aromatic N) is 3. The van der Waals surface area contributed by atoms with Gasteiger partial charge in [-0.3, -0.25) is 0 Å². The molecule has 0 atom stereocenters. The molecule has 0 saturated heterocycles. The molecule has 0 aliphatic heterocycles. The predicted molar refractivity (Wildman–Crippen MR) is 111 cm³/mol. The van der Waals surface area contributed by atoms with Crippen LogP contribution in [0, 0.1) is 29.6 Å². The van der Waals surface area contributed by atoms with Crippen molar-refractivity contribution in [2.45, 2.75) is 11.8 Å². The Bertz CT molecular complexity index is 1420. The van der Waals surface area contributed by atoms with Crippen molar-refractivity contribution in [1.82, 2.24) is 3.97 Å². The minimum Gasteiger partial charge on any atom is -0.232 e. The highest BCUT2D eigenvalue weighted by molar-refractivity contribution is 7.90. The normalized spacial score (nSPS) is 11.1. The summed E-state index contributed by atoms with van der Waals surface area (Å²) in [6.45, 7) is 1.88. The van der Waals surface area contributed by atoms with E-state index < -0.39 is 10.0 Å². The first-order valence-electron chi connectivity index (χ1n) is 8.83. The number of nitriles is 2. The van der Waals surface area contributed by atoms with E-state index in [9.17, 15) is 18.9 Å². The molecule has 0 aliphatic carbocycles. The van der Waals surface area contributed by atoms with Gasteiger partial charge in [-0.1, -0.05) is 48.0 Å². The zero-order valence-corrected chi connectivity index (χ0v) is 16.3. The summed E-state index contributed by atoms with van der Waals surface area (Å²) in [5, 5.41) is 19.6. The molecule has 0 N–H and O–H groups in total. The van der Waals surface area contributed by atoms with Crippen LogP contribution in [0.15, 0.2) is 77.7 Å². The average Bonchev–Trinajstić information content (AvgIpc) is 3.08. The second-order valence-electron chi connectivity index (χ2n) is 6.63.